The van der Waals surface area contributed by atoms with Crippen LogP contribution in [0.4, 0.5) is 0 Å². The van der Waals surface area contributed by atoms with Gasteiger partial charge in [-0.25, -0.2) is 4.68 Å². The maximum Gasteiger partial charge on any atom is 0.273 e. The minimum atomic E-state index is -0.149. The summed E-state index contributed by atoms with van der Waals surface area (Å²) in [6.45, 7) is 7.63. The molecule has 1 fully saturated rings. The summed E-state index contributed by atoms with van der Waals surface area (Å²) in [6.07, 6.45) is 3.76. The molecule has 0 radical (unpaired) electrons. The van der Waals surface area contributed by atoms with Crippen molar-refractivity contribution in [1.29, 1.82) is 0 Å². The molecular weight excluding hydrogens is 342 g/mol. The number of carbonyl (C=O) groups excluding carboxylic acids is 1. The van der Waals surface area contributed by atoms with Gasteiger partial charge in [-0.15, -0.1) is 5.10 Å². The zero-order chi connectivity index (χ0) is 19.2. The first-order valence-electron chi connectivity index (χ1n) is 9.61. The Labute approximate surface area is 160 Å². The van der Waals surface area contributed by atoms with Crippen LogP contribution in [0.5, 0.6) is 5.75 Å². The van der Waals surface area contributed by atoms with Crippen LogP contribution in [0, 0.1) is 5.92 Å². The van der Waals surface area contributed by atoms with E-state index in [0.29, 0.717) is 18.2 Å². The smallest absolute Gasteiger partial charge is 0.273 e. The second-order valence-electron chi connectivity index (χ2n) is 7.51. The van der Waals surface area contributed by atoms with Crippen molar-refractivity contribution in [1.82, 2.24) is 25.2 Å². The van der Waals surface area contributed by atoms with Crippen LogP contribution in [-0.2, 0) is 6.54 Å². The highest BCUT2D eigenvalue weighted by Gasteiger charge is 2.23. The van der Waals surface area contributed by atoms with Gasteiger partial charge in [0.15, 0.2) is 5.69 Å². The SMILES string of the molecule is COc1ccccc1CN1CCC(n2cc(C(=O)NCC(C)C)nn2)CC1. The molecule has 1 aliphatic heterocycles. The van der Waals surface area contributed by atoms with Crippen molar-refractivity contribution in [3.63, 3.8) is 0 Å². The molecule has 2 aromatic rings. The fourth-order valence-corrected chi connectivity index (χ4v) is 3.36. The Hall–Kier alpha value is -2.41. The second-order valence-corrected chi connectivity index (χ2v) is 7.51. The van der Waals surface area contributed by atoms with E-state index in [1.165, 1.54) is 5.56 Å². The Bertz CT molecular complexity index is 750. The summed E-state index contributed by atoms with van der Waals surface area (Å²) in [6, 6.07) is 8.45. The monoisotopic (exact) mass is 371 g/mol. The second kappa shape index (κ2) is 8.99. The van der Waals surface area contributed by atoms with Crippen molar-refractivity contribution in [3.05, 3.63) is 41.7 Å². The summed E-state index contributed by atoms with van der Waals surface area (Å²) in [4.78, 5) is 14.5. The van der Waals surface area contributed by atoms with E-state index in [9.17, 15) is 4.79 Å². The minimum Gasteiger partial charge on any atom is -0.496 e. The molecule has 3 rings (SSSR count). The normalized spacial score (nSPS) is 15.9. The zero-order valence-corrected chi connectivity index (χ0v) is 16.4. The van der Waals surface area contributed by atoms with Crippen LogP contribution < -0.4 is 10.1 Å². The molecule has 0 bridgehead atoms. The van der Waals surface area contributed by atoms with Crippen LogP contribution in [0.1, 0.15) is 48.8 Å². The molecule has 1 aliphatic rings. The summed E-state index contributed by atoms with van der Waals surface area (Å²) >= 11 is 0. The summed E-state index contributed by atoms with van der Waals surface area (Å²) in [7, 11) is 1.71. The minimum absolute atomic E-state index is 0.149. The Morgan fingerprint density at radius 2 is 2.04 bits per heavy atom. The van der Waals surface area contributed by atoms with Gasteiger partial charge in [-0.1, -0.05) is 37.3 Å². The van der Waals surface area contributed by atoms with E-state index in [-0.39, 0.29) is 11.9 Å². The van der Waals surface area contributed by atoms with Crippen LogP contribution in [0.2, 0.25) is 0 Å². The van der Waals surface area contributed by atoms with Gasteiger partial charge in [0.25, 0.3) is 5.91 Å². The van der Waals surface area contributed by atoms with E-state index < -0.39 is 0 Å². The molecule has 7 nitrogen and oxygen atoms in total. The number of methoxy groups -OCH3 is 1. The number of benzene rings is 1. The molecule has 1 amide bonds. The highest BCUT2D eigenvalue weighted by atomic mass is 16.5. The number of rotatable bonds is 7. The lowest BCUT2D eigenvalue weighted by molar-refractivity contribution is 0.0944. The number of amides is 1. The summed E-state index contributed by atoms with van der Waals surface area (Å²) < 4.78 is 7.30. The van der Waals surface area contributed by atoms with Gasteiger partial charge >= 0.3 is 0 Å². The maximum atomic E-state index is 12.1. The fourth-order valence-electron chi connectivity index (χ4n) is 3.36. The molecule has 1 N–H and O–H groups in total. The lowest BCUT2D eigenvalue weighted by atomic mass is 10.0. The molecule has 0 unspecified atom stereocenters. The molecule has 2 heterocycles. The predicted molar refractivity (Wildman–Crippen MR) is 104 cm³/mol. The van der Waals surface area contributed by atoms with E-state index in [1.54, 1.807) is 13.3 Å². The first kappa shape index (κ1) is 19.4. The van der Waals surface area contributed by atoms with Crippen LogP contribution >= 0.6 is 0 Å². The molecule has 0 saturated carbocycles. The molecule has 7 heteroatoms. The van der Waals surface area contributed by atoms with E-state index in [1.807, 2.05) is 22.9 Å². The van der Waals surface area contributed by atoms with Crippen molar-refractivity contribution >= 4 is 5.91 Å². The largest absolute Gasteiger partial charge is 0.496 e. The first-order chi connectivity index (χ1) is 13.1. The lowest BCUT2D eigenvalue weighted by Crippen LogP contribution is -2.34. The quantitative estimate of drug-likeness (QED) is 0.810. The molecule has 27 heavy (non-hydrogen) atoms. The number of carbonyl (C=O) groups is 1. The van der Waals surface area contributed by atoms with Crippen molar-refractivity contribution in [3.8, 4) is 5.75 Å². The maximum absolute atomic E-state index is 12.1. The van der Waals surface area contributed by atoms with Gasteiger partial charge in [-0.3, -0.25) is 9.69 Å². The Balaban J connectivity index is 1.53. The molecule has 1 aromatic heterocycles. The van der Waals surface area contributed by atoms with Crippen molar-refractivity contribution < 1.29 is 9.53 Å². The van der Waals surface area contributed by atoms with E-state index >= 15 is 0 Å². The van der Waals surface area contributed by atoms with Crippen molar-refractivity contribution in [2.75, 3.05) is 26.7 Å². The highest BCUT2D eigenvalue weighted by molar-refractivity contribution is 5.91. The van der Waals surface area contributed by atoms with Gasteiger partial charge in [-0.2, -0.15) is 0 Å². The van der Waals surface area contributed by atoms with Crippen molar-refractivity contribution in [2.24, 2.45) is 5.92 Å². The van der Waals surface area contributed by atoms with Crippen LogP contribution in [0.25, 0.3) is 0 Å². The third-order valence-electron chi connectivity index (χ3n) is 4.93. The number of nitrogens with zero attached hydrogens (tertiary/aromatic N) is 4. The van der Waals surface area contributed by atoms with Crippen molar-refractivity contribution in [2.45, 2.75) is 39.3 Å². The fraction of sp³-hybridized carbons (Fsp3) is 0.550. The van der Waals surface area contributed by atoms with Gasteiger partial charge in [0.05, 0.1) is 19.3 Å². The molecule has 1 aromatic carbocycles. The van der Waals surface area contributed by atoms with E-state index in [4.69, 9.17) is 4.74 Å². The number of ether oxygens (including phenoxy) is 1. The summed E-state index contributed by atoms with van der Waals surface area (Å²) in [5, 5.41) is 11.1. The highest BCUT2D eigenvalue weighted by Crippen LogP contribution is 2.25. The number of piperidine rings is 1. The van der Waals surface area contributed by atoms with Gasteiger partial charge < -0.3 is 10.1 Å². The first-order valence-corrected chi connectivity index (χ1v) is 9.61. The average Bonchev–Trinajstić information content (AvgIpc) is 3.17. The third kappa shape index (κ3) is 5.07. The number of hydrogen-bond donors (Lipinski definition) is 1. The summed E-state index contributed by atoms with van der Waals surface area (Å²) in [5.41, 5.74) is 1.61. The molecular formula is C20H29N5O2. The summed E-state index contributed by atoms with van der Waals surface area (Å²) in [5.74, 6) is 1.20. The van der Waals surface area contributed by atoms with Gasteiger partial charge in [0, 0.05) is 31.7 Å². The predicted octanol–water partition coefficient (Wildman–Crippen LogP) is 2.51. The molecule has 0 spiro atoms. The van der Waals surface area contributed by atoms with Crippen LogP contribution in [-0.4, -0.2) is 52.5 Å². The number of hydrogen-bond acceptors (Lipinski definition) is 5. The van der Waals surface area contributed by atoms with Gasteiger partial charge in [-0.05, 0) is 24.8 Å². The third-order valence-corrected chi connectivity index (χ3v) is 4.93. The molecule has 0 aliphatic carbocycles. The van der Waals surface area contributed by atoms with Gasteiger partial charge in [0.2, 0.25) is 0 Å². The average molecular weight is 371 g/mol. The Morgan fingerprint density at radius 1 is 1.30 bits per heavy atom. The lowest BCUT2D eigenvalue weighted by Gasteiger charge is -2.32. The van der Waals surface area contributed by atoms with Crippen LogP contribution in [0.3, 0.4) is 0 Å². The van der Waals surface area contributed by atoms with E-state index in [0.717, 1.165) is 38.2 Å². The molecule has 0 atom stereocenters. The Kier molecular flexibility index (Phi) is 6.45. The number of para-hydroxylation sites is 1. The number of nitrogens with one attached hydrogen (secondary N) is 1. The van der Waals surface area contributed by atoms with Gasteiger partial charge in [0.1, 0.15) is 5.75 Å². The topological polar surface area (TPSA) is 72.3 Å². The Morgan fingerprint density at radius 3 is 2.74 bits per heavy atom. The zero-order valence-electron chi connectivity index (χ0n) is 16.4. The number of aromatic nitrogens is 3. The van der Waals surface area contributed by atoms with E-state index in [2.05, 4.69) is 40.4 Å². The van der Waals surface area contributed by atoms with Crippen LogP contribution in [0.15, 0.2) is 30.5 Å². The number of likely N-dealkylation sites (tertiary alicyclic amines) is 1. The molecule has 146 valence electrons. The standard InChI is InChI=1S/C20H29N5O2/c1-15(2)12-21-20(26)18-14-25(23-22-18)17-8-10-24(11-9-17)13-16-6-4-5-7-19(16)27-3/h4-7,14-15,17H,8-13H2,1-3H3,(H,21,26). The molecule has 1 saturated heterocycles.